The molecule has 0 aromatic heterocycles. The van der Waals surface area contributed by atoms with Crippen LogP contribution in [0.4, 0.5) is 8.78 Å². The monoisotopic (exact) mass is 305 g/mol. The predicted octanol–water partition coefficient (Wildman–Crippen LogP) is 1.40. The van der Waals surface area contributed by atoms with Crippen molar-refractivity contribution in [2.45, 2.75) is 12.8 Å². The number of carbonyl (C=O) groups excluding carboxylic acids is 1. The summed E-state index contributed by atoms with van der Waals surface area (Å²) < 4.78 is 48.1. The minimum absolute atomic E-state index is 0.0445. The molecule has 0 saturated heterocycles. The smallest absolute Gasteiger partial charge is 0.222 e. The SMILES string of the molecule is CN(CCS(C)(=O)=O)C(=O)CCc1ccc(F)cc1F. The Morgan fingerprint density at radius 1 is 1.30 bits per heavy atom. The van der Waals surface area contributed by atoms with Crippen LogP contribution >= 0.6 is 0 Å². The number of amides is 1. The van der Waals surface area contributed by atoms with Crippen LogP contribution in [0.2, 0.25) is 0 Å². The second kappa shape index (κ2) is 6.78. The lowest BCUT2D eigenvalue weighted by atomic mass is 10.1. The topological polar surface area (TPSA) is 54.5 Å². The van der Waals surface area contributed by atoms with Crippen molar-refractivity contribution in [3.05, 3.63) is 35.4 Å². The van der Waals surface area contributed by atoms with E-state index < -0.39 is 21.5 Å². The number of aryl methyl sites for hydroxylation is 1. The zero-order chi connectivity index (χ0) is 15.3. The van der Waals surface area contributed by atoms with E-state index in [1.165, 1.54) is 18.0 Å². The standard InChI is InChI=1S/C13H17F2NO3S/c1-16(7-8-20(2,18)19)13(17)6-4-10-3-5-11(14)9-12(10)15/h3,5,9H,4,6-8H2,1-2H3. The Kier molecular flexibility index (Phi) is 5.62. The summed E-state index contributed by atoms with van der Waals surface area (Å²) in [6, 6.07) is 3.21. The Labute approximate surface area is 117 Å². The summed E-state index contributed by atoms with van der Waals surface area (Å²) in [4.78, 5) is 13.0. The van der Waals surface area contributed by atoms with Gasteiger partial charge in [-0.15, -0.1) is 0 Å². The van der Waals surface area contributed by atoms with Crippen molar-refractivity contribution in [2.24, 2.45) is 0 Å². The molecule has 112 valence electrons. The lowest BCUT2D eigenvalue weighted by molar-refractivity contribution is -0.129. The number of nitrogens with zero attached hydrogens (tertiary/aromatic N) is 1. The molecule has 0 fully saturated rings. The van der Waals surface area contributed by atoms with Gasteiger partial charge in [-0.25, -0.2) is 17.2 Å². The molecule has 1 amide bonds. The van der Waals surface area contributed by atoms with E-state index in [9.17, 15) is 22.0 Å². The molecule has 1 aromatic carbocycles. The van der Waals surface area contributed by atoms with Gasteiger partial charge in [-0.05, 0) is 18.1 Å². The van der Waals surface area contributed by atoms with Gasteiger partial charge in [0, 0.05) is 32.3 Å². The van der Waals surface area contributed by atoms with Gasteiger partial charge in [0.1, 0.15) is 21.5 Å². The van der Waals surface area contributed by atoms with Crippen LogP contribution in [0.1, 0.15) is 12.0 Å². The molecule has 4 nitrogen and oxygen atoms in total. The van der Waals surface area contributed by atoms with E-state index in [2.05, 4.69) is 0 Å². The lowest BCUT2D eigenvalue weighted by Crippen LogP contribution is -2.31. The maximum absolute atomic E-state index is 13.4. The van der Waals surface area contributed by atoms with E-state index >= 15 is 0 Å². The van der Waals surface area contributed by atoms with Crippen LogP contribution < -0.4 is 0 Å². The van der Waals surface area contributed by atoms with Crippen molar-refractivity contribution in [3.63, 3.8) is 0 Å². The molecule has 0 aliphatic rings. The Hall–Kier alpha value is -1.50. The van der Waals surface area contributed by atoms with Gasteiger partial charge < -0.3 is 4.90 Å². The van der Waals surface area contributed by atoms with Crippen LogP contribution in [0.5, 0.6) is 0 Å². The second-order valence-electron chi connectivity index (χ2n) is 4.68. The third kappa shape index (κ3) is 5.64. The van der Waals surface area contributed by atoms with Crippen molar-refractivity contribution in [2.75, 3.05) is 25.6 Å². The third-order valence-corrected chi connectivity index (χ3v) is 3.77. The van der Waals surface area contributed by atoms with Crippen molar-refractivity contribution in [3.8, 4) is 0 Å². The summed E-state index contributed by atoms with van der Waals surface area (Å²) in [7, 11) is -1.63. The Morgan fingerprint density at radius 2 is 1.95 bits per heavy atom. The Bertz CT molecular complexity index is 587. The molecular formula is C13H17F2NO3S. The molecule has 20 heavy (non-hydrogen) atoms. The first kappa shape index (κ1) is 16.6. The van der Waals surface area contributed by atoms with Gasteiger partial charge in [-0.2, -0.15) is 0 Å². The van der Waals surface area contributed by atoms with Crippen molar-refractivity contribution >= 4 is 15.7 Å². The minimum Gasteiger partial charge on any atom is -0.345 e. The third-order valence-electron chi connectivity index (χ3n) is 2.85. The number of hydrogen-bond donors (Lipinski definition) is 0. The molecule has 0 saturated carbocycles. The van der Waals surface area contributed by atoms with Crippen molar-refractivity contribution < 1.29 is 22.0 Å². The average Bonchev–Trinajstić information content (AvgIpc) is 2.33. The summed E-state index contributed by atoms with van der Waals surface area (Å²) in [6.45, 7) is 0.101. The molecular weight excluding hydrogens is 288 g/mol. The van der Waals surface area contributed by atoms with Gasteiger partial charge in [0.15, 0.2) is 0 Å². The van der Waals surface area contributed by atoms with Gasteiger partial charge in [0.2, 0.25) is 5.91 Å². The molecule has 0 spiro atoms. The first-order chi connectivity index (χ1) is 9.19. The second-order valence-corrected chi connectivity index (χ2v) is 6.94. The summed E-state index contributed by atoms with van der Waals surface area (Å²) in [5.41, 5.74) is 0.260. The molecule has 7 heteroatoms. The van der Waals surface area contributed by atoms with Crippen LogP contribution in [-0.4, -0.2) is 44.8 Å². The van der Waals surface area contributed by atoms with Gasteiger partial charge in [-0.3, -0.25) is 4.79 Å². The van der Waals surface area contributed by atoms with E-state index in [1.807, 2.05) is 0 Å². The van der Waals surface area contributed by atoms with E-state index in [0.29, 0.717) is 0 Å². The summed E-state index contributed by atoms with van der Waals surface area (Å²) in [5, 5.41) is 0. The van der Waals surface area contributed by atoms with Crippen molar-refractivity contribution in [1.82, 2.24) is 4.90 Å². The van der Waals surface area contributed by atoms with Gasteiger partial charge in [-0.1, -0.05) is 6.07 Å². The summed E-state index contributed by atoms with van der Waals surface area (Å²) in [5.74, 6) is -1.74. The highest BCUT2D eigenvalue weighted by molar-refractivity contribution is 7.90. The van der Waals surface area contributed by atoms with E-state index in [1.54, 1.807) is 0 Å². The van der Waals surface area contributed by atoms with Gasteiger partial charge in [0.05, 0.1) is 5.75 Å². The van der Waals surface area contributed by atoms with Gasteiger partial charge >= 0.3 is 0 Å². The maximum Gasteiger partial charge on any atom is 0.222 e. The van der Waals surface area contributed by atoms with Crippen LogP contribution in [0.3, 0.4) is 0 Å². The number of sulfone groups is 1. The highest BCUT2D eigenvalue weighted by Crippen LogP contribution is 2.12. The first-order valence-corrected chi connectivity index (χ1v) is 8.11. The molecule has 0 radical (unpaired) electrons. The Balaban J connectivity index is 2.50. The molecule has 0 aliphatic heterocycles. The Morgan fingerprint density at radius 3 is 2.50 bits per heavy atom. The fraction of sp³-hybridized carbons (Fsp3) is 0.462. The lowest BCUT2D eigenvalue weighted by Gasteiger charge is -2.16. The van der Waals surface area contributed by atoms with E-state index in [0.717, 1.165) is 18.4 Å². The number of benzene rings is 1. The maximum atomic E-state index is 13.4. The fourth-order valence-electron chi connectivity index (χ4n) is 1.58. The molecule has 1 rings (SSSR count). The molecule has 0 bridgehead atoms. The fourth-order valence-corrected chi connectivity index (χ4v) is 2.19. The molecule has 0 N–H and O–H groups in total. The predicted molar refractivity (Wildman–Crippen MR) is 72.0 cm³/mol. The zero-order valence-corrected chi connectivity index (χ0v) is 12.2. The molecule has 0 aliphatic carbocycles. The number of halogens is 2. The van der Waals surface area contributed by atoms with Crippen LogP contribution in [0, 0.1) is 11.6 Å². The largest absolute Gasteiger partial charge is 0.345 e. The average molecular weight is 305 g/mol. The molecule has 0 unspecified atom stereocenters. The molecule has 0 heterocycles. The van der Waals surface area contributed by atoms with E-state index in [-0.39, 0.29) is 36.6 Å². The number of carbonyl (C=O) groups is 1. The zero-order valence-electron chi connectivity index (χ0n) is 11.4. The number of rotatable bonds is 6. The van der Waals surface area contributed by atoms with Crippen LogP contribution in [-0.2, 0) is 21.1 Å². The van der Waals surface area contributed by atoms with Crippen molar-refractivity contribution in [1.29, 1.82) is 0 Å². The van der Waals surface area contributed by atoms with Crippen LogP contribution in [0.25, 0.3) is 0 Å². The highest BCUT2D eigenvalue weighted by Gasteiger charge is 2.13. The molecule has 0 atom stereocenters. The normalized spacial score (nSPS) is 11.4. The first-order valence-electron chi connectivity index (χ1n) is 6.04. The minimum atomic E-state index is -3.13. The quantitative estimate of drug-likeness (QED) is 0.798. The van der Waals surface area contributed by atoms with E-state index in [4.69, 9.17) is 0 Å². The number of hydrogen-bond acceptors (Lipinski definition) is 3. The highest BCUT2D eigenvalue weighted by atomic mass is 32.2. The summed E-state index contributed by atoms with van der Waals surface area (Å²) in [6.07, 6.45) is 1.29. The molecule has 1 aromatic rings. The van der Waals surface area contributed by atoms with Gasteiger partial charge in [0.25, 0.3) is 0 Å². The summed E-state index contributed by atoms with van der Waals surface area (Å²) >= 11 is 0. The van der Waals surface area contributed by atoms with Crippen LogP contribution in [0.15, 0.2) is 18.2 Å².